The molecule has 0 spiro atoms. The van der Waals surface area contributed by atoms with Crippen molar-refractivity contribution in [3.05, 3.63) is 35.4 Å². The van der Waals surface area contributed by atoms with Crippen molar-refractivity contribution in [3.63, 3.8) is 0 Å². The summed E-state index contributed by atoms with van der Waals surface area (Å²) in [5.41, 5.74) is 1.69. The van der Waals surface area contributed by atoms with Gasteiger partial charge in [0.25, 0.3) is 5.91 Å². The van der Waals surface area contributed by atoms with E-state index in [1.807, 2.05) is 38.1 Å². The average molecular weight is 318 g/mol. The third kappa shape index (κ3) is 6.72. The van der Waals surface area contributed by atoms with Crippen LogP contribution in [-0.4, -0.2) is 31.0 Å². The molecule has 0 saturated heterocycles. The Hall–Kier alpha value is -2.04. The lowest BCUT2D eigenvalue weighted by atomic mass is 10.1. The number of hydrogen-bond acceptors (Lipinski definition) is 2. The van der Waals surface area contributed by atoms with Crippen molar-refractivity contribution in [2.24, 2.45) is 10.9 Å². The molecule has 0 saturated carbocycles. The number of guanidine groups is 1. The van der Waals surface area contributed by atoms with E-state index in [9.17, 15) is 4.79 Å². The molecule has 5 heteroatoms. The molecule has 0 bridgehead atoms. The van der Waals surface area contributed by atoms with Gasteiger partial charge in [-0.2, -0.15) is 0 Å². The monoisotopic (exact) mass is 318 g/mol. The fourth-order valence-electron chi connectivity index (χ4n) is 1.95. The fraction of sp³-hybridized carbons (Fsp3) is 0.556. The topological polar surface area (TPSA) is 65.5 Å². The normalized spacial score (nSPS) is 12.9. The first-order valence-corrected chi connectivity index (χ1v) is 8.39. The summed E-state index contributed by atoms with van der Waals surface area (Å²) in [6.07, 6.45) is 0. The van der Waals surface area contributed by atoms with Crippen LogP contribution in [0.4, 0.5) is 0 Å². The van der Waals surface area contributed by atoms with Gasteiger partial charge in [-0.25, -0.2) is 4.99 Å². The zero-order valence-electron chi connectivity index (χ0n) is 14.9. The van der Waals surface area contributed by atoms with Gasteiger partial charge in [0.1, 0.15) is 0 Å². The lowest BCUT2D eigenvalue weighted by Crippen LogP contribution is -2.44. The number of carbonyl (C=O) groups excluding carboxylic acids is 1. The van der Waals surface area contributed by atoms with Gasteiger partial charge < -0.3 is 16.0 Å². The summed E-state index contributed by atoms with van der Waals surface area (Å²) in [6, 6.07) is 7.94. The van der Waals surface area contributed by atoms with E-state index < -0.39 is 0 Å². The zero-order valence-corrected chi connectivity index (χ0v) is 14.9. The number of nitrogens with zero attached hydrogens (tertiary/aromatic N) is 1. The molecule has 3 N–H and O–H groups in total. The maximum absolute atomic E-state index is 11.9. The second-order valence-electron chi connectivity index (χ2n) is 5.93. The zero-order chi connectivity index (χ0) is 17.2. The number of hydrogen-bond donors (Lipinski definition) is 3. The van der Waals surface area contributed by atoms with Crippen molar-refractivity contribution >= 4 is 11.9 Å². The lowest BCUT2D eigenvalue weighted by molar-refractivity contribution is 0.0955. The van der Waals surface area contributed by atoms with Crippen LogP contribution in [0.25, 0.3) is 0 Å². The number of benzene rings is 1. The van der Waals surface area contributed by atoms with E-state index in [0.29, 0.717) is 30.6 Å². The summed E-state index contributed by atoms with van der Waals surface area (Å²) in [5, 5.41) is 9.47. The highest BCUT2D eigenvalue weighted by molar-refractivity contribution is 5.94. The van der Waals surface area contributed by atoms with E-state index in [1.165, 1.54) is 0 Å². The molecule has 0 aliphatic rings. The number of aliphatic imine (C=N–C) groups is 1. The molecule has 1 atom stereocenters. The molecule has 5 nitrogen and oxygen atoms in total. The molecule has 0 fully saturated rings. The molecule has 1 rings (SSSR count). The minimum absolute atomic E-state index is 0.0446. The minimum atomic E-state index is -0.0446. The average Bonchev–Trinajstić information content (AvgIpc) is 2.53. The molecular weight excluding hydrogens is 288 g/mol. The van der Waals surface area contributed by atoms with Gasteiger partial charge in [-0.15, -0.1) is 0 Å². The van der Waals surface area contributed by atoms with Crippen molar-refractivity contribution in [1.82, 2.24) is 16.0 Å². The van der Waals surface area contributed by atoms with Crippen LogP contribution in [-0.2, 0) is 6.54 Å². The van der Waals surface area contributed by atoms with E-state index in [4.69, 9.17) is 0 Å². The molecule has 0 aliphatic carbocycles. The molecule has 0 heterocycles. The standard InChI is InChI=1S/C18H30N4O/c1-6-19-17(23)16-10-8-9-15(11-16)12-21-18(20-7-2)22-14(5)13(3)4/h8-11,13-14H,6-7,12H2,1-5H3,(H,19,23)(H2,20,21,22). The van der Waals surface area contributed by atoms with E-state index in [1.54, 1.807) is 0 Å². The third-order valence-corrected chi connectivity index (χ3v) is 3.65. The molecule has 23 heavy (non-hydrogen) atoms. The third-order valence-electron chi connectivity index (χ3n) is 3.65. The predicted octanol–water partition coefficient (Wildman–Crippen LogP) is 2.54. The van der Waals surface area contributed by atoms with Crippen LogP contribution >= 0.6 is 0 Å². The van der Waals surface area contributed by atoms with Crippen LogP contribution in [0.3, 0.4) is 0 Å². The molecule has 128 valence electrons. The Bertz CT molecular complexity index is 526. The summed E-state index contributed by atoms with van der Waals surface area (Å²) in [6.45, 7) is 12.4. The summed E-state index contributed by atoms with van der Waals surface area (Å²) in [7, 11) is 0. The highest BCUT2D eigenvalue weighted by Gasteiger charge is 2.09. The number of nitrogens with one attached hydrogen (secondary N) is 3. The molecule has 1 amide bonds. The highest BCUT2D eigenvalue weighted by Crippen LogP contribution is 2.07. The first-order valence-electron chi connectivity index (χ1n) is 8.39. The Labute approximate surface area is 140 Å². The maximum Gasteiger partial charge on any atom is 0.251 e. The Morgan fingerprint density at radius 3 is 2.43 bits per heavy atom. The van der Waals surface area contributed by atoms with Crippen molar-refractivity contribution in [2.45, 2.75) is 47.2 Å². The highest BCUT2D eigenvalue weighted by atomic mass is 16.1. The van der Waals surface area contributed by atoms with Crippen LogP contribution in [0, 0.1) is 5.92 Å². The summed E-state index contributed by atoms with van der Waals surface area (Å²) in [4.78, 5) is 16.5. The second-order valence-corrected chi connectivity index (χ2v) is 5.93. The summed E-state index contributed by atoms with van der Waals surface area (Å²) < 4.78 is 0. The van der Waals surface area contributed by atoms with Crippen LogP contribution in [0.2, 0.25) is 0 Å². The van der Waals surface area contributed by atoms with Gasteiger partial charge in [-0.05, 0) is 44.4 Å². The summed E-state index contributed by atoms with van der Waals surface area (Å²) >= 11 is 0. The van der Waals surface area contributed by atoms with E-state index in [0.717, 1.165) is 18.1 Å². The molecule has 1 unspecified atom stereocenters. The number of carbonyl (C=O) groups is 1. The Morgan fingerprint density at radius 2 is 1.83 bits per heavy atom. The predicted molar refractivity (Wildman–Crippen MR) is 96.7 cm³/mol. The van der Waals surface area contributed by atoms with E-state index in [-0.39, 0.29) is 5.91 Å². The van der Waals surface area contributed by atoms with Crippen molar-refractivity contribution in [2.75, 3.05) is 13.1 Å². The van der Waals surface area contributed by atoms with Crippen LogP contribution in [0.15, 0.2) is 29.3 Å². The second kappa shape index (κ2) is 9.87. The van der Waals surface area contributed by atoms with Crippen LogP contribution in [0.5, 0.6) is 0 Å². The first-order chi connectivity index (χ1) is 11.0. The minimum Gasteiger partial charge on any atom is -0.357 e. The number of rotatable bonds is 7. The smallest absolute Gasteiger partial charge is 0.251 e. The molecule has 0 radical (unpaired) electrons. The maximum atomic E-state index is 11.9. The van der Waals surface area contributed by atoms with Gasteiger partial charge in [0.2, 0.25) is 0 Å². The number of amides is 1. The van der Waals surface area contributed by atoms with Gasteiger partial charge in [0.05, 0.1) is 6.54 Å². The Balaban J connectivity index is 2.79. The SMILES string of the molecule is CCNC(=O)c1cccc(CN=C(NCC)NC(C)C(C)C)c1. The van der Waals surface area contributed by atoms with Gasteiger partial charge in [-0.3, -0.25) is 4.79 Å². The van der Waals surface area contributed by atoms with Crippen LogP contribution in [0.1, 0.15) is 50.5 Å². The molecule has 1 aromatic carbocycles. The van der Waals surface area contributed by atoms with Gasteiger partial charge >= 0.3 is 0 Å². The van der Waals surface area contributed by atoms with Crippen LogP contribution < -0.4 is 16.0 Å². The largest absolute Gasteiger partial charge is 0.357 e. The summed E-state index contributed by atoms with van der Waals surface area (Å²) in [5.74, 6) is 1.29. The van der Waals surface area contributed by atoms with Gasteiger partial charge in [0.15, 0.2) is 5.96 Å². The van der Waals surface area contributed by atoms with Gasteiger partial charge in [-0.1, -0.05) is 26.0 Å². The van der Waals surface area contributed by atoms with Crippen molar-refractivity contribution in [3.8, 4) is 0 Å². The lowest BCUT2D eigenvalue weighted by Gasteiger charge is -2.20. The fourth-order valence-corrected chi connectivity index (χ4v) is 1.95. The van der Waals surface area contributed by atoms with Gasteiger partial charge in [0, 0.05) is 24.7 Å². The Morgan fingerprint density at radius 1 is 1.13 bits per heavy atom. The first kappa shape index (κ1) is 19.0. The Kier molecular flexibility index (Phi) is 8.16. The molecular formula is C18H30N4O. The van der Waals surface area contributed by atoms with E-state index in [2.05, 4.69) is 41.7 Å². The molecule has 1 aromatic rings. The molecule has 0 aromatic heterocycles. The van der Waals surface area contributed by atoms with E-state index >= 15 is 0 Å². The van der Waals surface area contributed by atoms with Crippen molar-refractivity contribution < 1.29 is 4.79 Å². The quantitative estimate of drug-likeness (QED) is 0.535. The molecule has 0 aliphatic heterocycles. The van der Waals surface area contributed by atoms with Crippen molar-refractivity contribution in [1.29, 1.82) is 0 Å².